The molecule has 0 fully saturated rings. The van der Waals surface area contributed by atoms with Gasteiger partial charge in [-0.1, -0.05) is 6.42 Å². The summed E-state index contributed by atoms with van der Waals surface area (Å²) in [4.78, 5) is 13.1. The maximum Gasteiger partial charge on any atom is 0.251 e. The Morgan fingerprint density at radius 3 is 2.85 bits per heavy atom. The van der Waals surface area contributed by atoms with Gasteiger partial charge in [-0.2, -0.15) is 5.26 Å². The second kappa shape index (κ2) is 6.87. The zero-order valence-electron chi connectivity index (χ0n) is 12.0. The largest absolute Gasteiger partial charge is 0.369 e. The van der Waals surface area contributed by atoms with Crippen molar-refractivity contribution < 1.29 is 9.53 Å². The lowest BCUT2D eigenvalue weighted by molar-refractivity contribution is -0.121. The van der Waals surface area contributed by atoms with E-state index in [0.717, 1.165) is 24.8 Å². The van der Waals surface area contributed by atoms with Crippen LogP contribution in [0.15, 0.2) is 0 Å². The highest BCUT2D eigenvalue weighted by Gasteiger charge is 2.20. The average Bonchev–Trinajstić information content (AvgIpc) is 2.58. The number of fused-ring (bicyclic) bond motifs is 1. The number of anilines is 1. The number of aryl methyl sites for hydroxylation is 1. The molecule has 2 rings (SSSR count). The molecule has 0 saturated heterocycles. The molecule has 1 aromatic rings. The van der Waals surface area contributed by atoms with E-state index in [1.54, 1.807) is 11.3 Å². The molecule has 0 radical (unpaired) electrons. The monoisotopic (exact) mass is 292 g/mol. The van der Waals surface area contributed by atoms with Gasteiger partial charge in [0, 0.05) is 4.88 Å². The van der Waals surface area contributed by atoms with Gasteiger partial charge in [0.05, 0.1) is 11.7 Å². The minimum Gasteiger partial charge on any atom is -0.369 e. The first-order chi connectivity index (χ1) is 9.61. The van der Waals surface area contributed by atoms with Gasteiger partial charge in [0.2, 0.25) is 0 Å². The van der Waals surface area contributed by atoms with Gasteiger partial charge in [-0.25, -0.2) is 0 Å². The minimum atomic E-state index is -0.188. The number of carbonyl (C=O) groups is 1. The average molecular weight is 292 g/mol. The Hall–Kier alpha value is -1.38. The molecule has 0 unspecified atom stereocenters. The molecule has 20 heavy (non-hydrogen) atoms. The van der Waals surface area contributed by atoms with Crippen LogP contribution >= 0.6 is 11.3 Å². The molecule has 1 N–H and O–H groups in total. The topological polar surface area (TPSA) is 62.1 Å². The molecule has 0 atom stereocenters. The van der Waals surface area contributed by atoms with Crippen LogP contribution in [0, 0.1) is 11.3 Å². The van der Waals surface area contributed by atoms with E-state index in [4.69, 9.17) is 4.74 Å². The zero-order chi connectivity index (χ0) is 14.5. The Kier molecular flexibility index (Phi) is 5.16. The highest BCUT2D eigenvalue weighted by molar-refractivity contribution is 7.16. The third kappa shape index (κ3) is 3.59. The van der Waals surface area contributed by atoms with Gasteiger partial charge in [-0.3, -0.25) is 4.79 Å². The smallest absolute Gasteiger partial charge is 0.251 e. The lowest BCUT2D eigenvalue weighted by Crippen LogP contribution is -2.20. The van der Waals surface area contributed by atoms with Crippen molar-refractivity contribution in [1.82, 2.24) is 0 Å². The van der Waals surface area contributed by atoms with E-state index in [-0.39, 0.29) is 18.6 Å². The standard InChI is InChI=1S/C15H20N2O2S/c1-10(2)19-9-14(18)17-15-12(8-16)11-6-4-3-5-7-13(11)20-15/h10H,3-7,9H2,1-2H3,(H,17,18). The second-order valence-corrected chi connectivity index (χ2v) is 6.39. The van der Waals surface area contributed by atoms with Crippen LogP contribution in [0.5, 0.6) is 0 Å². The van der Waals surface area contributed by atoms with Gasteiger partial charge >= 0.3 is 0 Å². The molecule has 1 heterocycles. The van der Waals surface area contributed by atoms with Crippen molar-refractivity contribution >= 4 is 22.2 Å². The molecule has 108 valence electrons. The summed E-state index contributed by atoms with van der Waals surface area (Å²) in [5.74, 6) is -0.188. The van der Waals surface area contributed by atoms with Crippen molar-refractivity contribution in [2.24, 2.45) is 0 Å². The second-order valence-electron chi connectivity index (χ2n) is 5.29. The summed E-state index contributed by atoms with van der Waals surface area (Å²) >= 11 is 1.55. The summed E-state index contributed by atoms with van der Waals surface area (Å²) in [6.07, 6.45) is 5.51. The van der Waals surface area contributed by atoms with Gasteiger partial charge in [0.15, 0.2) is 0 Å². The van der Waals surface area contributed by atoms with Crippen LogP contribution in [-0.2, 0) is 22.4 Å². The number of nitriles is 1. The number of thiophene rings is 1. The van der Waals surface area contributed by atoms with Crippen molar-refractivity contribution in [2.45, 2.75) is 52.1 Å². The summed E-state index contributed by atoms with van der Waals surface area (Å²) < 4.78 is 5.28. The number of nitrogens with one attached hydrogen (secondary N) is 1. The van der Waals surface area contributed by atoms with Gasteiger partial charge < -0.3 is 10.1 Å². The molecule has 0 aliphatic heterocycles. The first-order valence-electron chi connectivity index (χ1n) is 7.08. The maximum absolute atomic E-state index is 11.8. The van der Waals surface area contributed by atoms with Crippen LogP contribution in [-0.4, -0.2) is 18.6 Å². The predicted molar refractivity (Wildman–Crippen MR) is 80.0 cm³/mol. The van der Waals surface area contributed by atoms with E-state index in [1.165, 1.54) is 17.7 Å². The Balaban J connectivity index is 2.12. The predicted octanol–water partition coefficient (Wildman–Crippen LogP) is 3.25. The number of ether oxygens (including phenoxy) is 1. The van der Waals surface area contributed by atoms with Gasteiger partial charge in [0.1, 0.15) is 17.7 Å². The van der Waals surface area contributed by atoms with Crippen LogP contribution in [0.2, 0.25) is 0 Å². The van der Waals surface area contributed by atoms with Crippen LogP contribution in [0.1, 0.15) is 49.1 Å². The fourth-order valence-corrected chi connectivity index (χ4v) is 3.61. The van der Waals surface area contributed by atoms with E-state index < -0.39 is 0 Å². The number of carbonyl (C=O) groups excluding carboxylic acids is 1. The van der Waals surface area contributed by atoms with E-state index in [0.29, 0.717) is 10.6 Å². The summed E-state index contributed by atoms with van der Waals surface area (Å²) in [7, 11) is 0. The fourth-order valence-electron chi connectivity index (χ4n) is 2.35. The molecule has 0 aromatic carbocycles. The Bertz CT molecular complexity index is 529. The molecule has 1 amide bonds. The van der Waals surface area contributed by atoms with Crippen LogP contribution < -0.4 is 5.32 Å². The highest BCUT2D eigenvalue weighted by Crippen LogP contribution is 2.36. The van der Waals surface area contributed by atoms with Crippen LogP contribution in [0.4, 0.5) is 5.00 Å². The van der Waals surface area contributed by atoms with Crippen molar-refractivity contribution in [1.29, 1.82) is 5.26 Å². The normalized spacial score (nSPS) is 14.5. The van der Waals surface area contributed by atoms with Crippen molar-refractivity contribution in [3.63, 3.8) is 0 Å². The summed E-state index contributed by atoms with van der Waals surface area (Å²) in [6.45, 7) is 3.81. The Morgan fingerprint density at radius 2 is 2.15 bits per heavy atom. The molecule has 1 aliphatic carbocycles. The first-order valence-corrected chi connectivity index (χ1v) is 7.89. The van der Waals surface area contributed by atoms with E-state index in [9.17, 15) is 10.1 Å². The number of hydrogen-bond acceptors (Lipinski definition) is 4. The van der Waals surface area contributed by atoms with E-state index in [2.05, 4.69) is 11.4 Å². The lowest BCUT2D eigenvalue weighted by Gasteiger charge is -2.07. The van der Waals surface area contributed by atoms with Gasteiger partial charge in [0.25, 0.3) is 5.91 Å². The Morgan fingerprint density at radius 1 is 1.40 bits per heavy atom. The zero-order valence-corrected chi connectivity index (χ0v) is 12.8. The number of amides is 1. The van der Waals surface area contributed by atoms with Crippen molar-refractivity contribution in [3.05, 3.63) is 16.0 Å². The minimum absolute atomic E-state index is 0.0243. The number of hydrogen-bond donors (Lipinski definition) is 1. The lowest BCUT2D eigenvalue weighted by atomic mass is 10.1. The molecule has 1 aromatic heterocycles. The number of nitrogens with zero attached hydrogens (tertiary/aromatic N) is 1. The number of rotatable bonds is 4. The summed E-state index contributed by atoms with van der Waals surface area (Å²) in [6, 6.07) is 2.26. The quantitative estimate of drug-likeness (QED) is 0.866. The van der Waals surface area contributed by atoms with E-state index in [1.807, 2.05) is 13.8 Å². The van der Waals surface area contributed by atoms with Crippen LogP contribution in [0.25, 0.3) is 0 Å². The van der Waals surface area contributed by atoms with E-state index >= 15 is 0 Å². The molecule has 1 aliphatic rings. The molecule has 0 saturated carbocycles. The molecular formula is C15H20N2O2S. The molecule has 4 nitrogen and oxygen atoms in total. The fraction of sp³-hybridized carbons (Fsp3) is 0.600. The summed E-state index contributed by atoms with van der Waals surface area (Å²) in [5, 5.41) is 12.9. The van der Waals surface area contributed by atoms with Crippen molar-refractivity contribution in [3.8, 4) is 6.07 Å². The van der Waals surface area contributed by atoms with Gasteiger partial charge in [-0.05, 0) is 45.1 Å². The first kappa shape index (κ1) is 15.0. The summed E-state index contributed by atoms with van der Waals surface area (Å²) in [5.41, 5.74) is 1.81. The van der Waals surface area contributed by atoms with Gasteiger partial charge in [-0.15, -0.1) is 11.3 Å². The van der Waals surface area contributed by atoms with Crippen molar-refractivity contribution in [2.75, 3.05) is 11.9 Å². The highest BCUT2D eigenvalue weighted by atomic mass is 32.1. The van der Waals surface area contributed by atoms with Crippen LogP contribution in [0.3, 0.4) is 0 Å². The molecule has 0 bridgehead atoms. The maximum atomic E-state index is 11.8. The molecule has 0 spiro atoms. The molecule has 5 heteroatoms. The third-order valence-electron chi connectivity index (χ3n) is 3.33. The SMILES string of the molecule is CC(C)OCC(=O)Nc1sc2c(c1C#N)CCCCC2. The third-order valence-corrected chi connectivity index (χ3v) is 4.54. The molecular weight excluding hydrogens is 272 g/mol. The Labute approximate surface area is 123 Å².